The minimum Gasteiger partial charge on any atom is -0.239 e. The first kappa shape index (κ1) is 14.3. The first-order valence-electron chi connectivity index (χ1n) is 7.58. The average molecular weight is 283 g/mol. The molecule has 3 nitrogen and oxygen atoms in total. The van der Waals surface area contributed by atoms with Crippen LogP contribution in [0.3, 0.4) is 0 Å². The minimum absolute atomic E-state index is 0.136. The van der Waals surface area contributed by atoms with E-state index in [0.29, 0.717) is 0 Å². The maximum atomic E-state index is 5.64. The molecule has 1 aliphatic heterocycles. The van der Waals surface area contributed by atoms with Crippen LogP contribution < -0.4 is 0 Å². The Hall–Kier alpha value is -1.68. The highest BCUT2D eigenvalue weighted by Gasteiger charge is 2.37. The highest BCUT2D eigenvalue weighted by atomic mass is 17.2. The van der Waals surface area contributed by atoms with Crippen molar-refractivity contribution in [2.45, 2.75) is 32.2 Å². The molecule has 1 aliphatic rings. The second-order valence-electron chi connectivity index (χ2n) is 5.31. The van der Waals surface area contributed by atoms with Crippen molar-refractivity contribution in [1.29, 1.82) is 0 Å². The molecule has 3 rings (SSSR count). The molecule has 0 unspecified atom stereocenters. The van der Waals surface area contributed by atoms with Gasteiger partial charge < -0.3 is 0 Å². The first-order valence-corrected chi connectivity index (χ1v) is 7.58. The fourth-order valence-electron chi connectivity index (χ4n) is 2.64. The third kappa shape index (κ3) is 3.16. The molecule has 110 valence electrons. The second-order valence-corrected chi connectivity index (χ2v) is 5.31. The number of hydrogen-bond acceptors (Lipinski definition) is 3. The van der Waals surface area contributed by atoms with Crippen LogP contribution in [0, 0.1) is 0 Å². The van der Waals surface area contributed by atoms with Crippen LogP contribution >= 0.6 is 0 Å². The Morgan fingerprint density at radius 3 is 1.71 bits per heavy atom. The molecule has 2 aromatic rings. The summed E-state index contributed by atoms with van der Waals surface area (Å²) in [4.78, 5) is 13.6. The molecule has 21 heavy (non-hydrogen) atoms. The lowest BCUT2D eigenvalue weighted by atomic mass is 10.1. The molecule has 1 heterocycles. The molecule has 1 saturated heterocycles. The zero-order valence-corrected chi connectivity index (χ0v) is 12.3. The van der Waals surface area contributed by atoms with Gasteiger partial charge in [-0.15, -0.1) is 0 Å². The molecule has 0 radical (unpaired) electrons. The molecule has 2 atom stereocenters. The second kappa shape index (κ2) is 6.85. The van der Waals surface area contributed by atoms with Gasteiger partial charge in [0.1, 0.15) is 0 Å². The van der Waals surface area contributed by atoms with Gasteiger partial charge in [-0.2, -0.15) is 0 Å². The summed E-state index contributed by atoms with van der Waals surface area (Å²) in [6, 6.07) is 20.5. The zero-order valence-electron chi connectivity index (χ0n) is 12.3. The van der Waals surface area contributed by atoms with Gasteiger partial charge in [-0.25, -0.2) is 14.7 Å². The van der Waals surface area contributed by atoms with Gasteiger partial charge in [0.15, 0.2) is 12.5 Å². The Morgan fingerprint density at radius 2 is 1.29 bits per heavy atom. The van der Waals surface area contributed by atoms with Crippen LogP contribution in [0.2, 0.25) is 0 Å². The van der Waals surface area contributed by atoms with E-state index in [9.17, 15) is 0 Å². The van der Waals surface area contributed by atoms with Gasteiger partial charge in [-0.05, 0) is 17.5 Å². The molecule has 0 aliphatic carbocycles. The SMILES string of the molecule is CCCCN1[C@@H](c2ccccc2)OO[C@@H]1c1ccccc1. The number of hydrogen-bond donors (Lipinski definition) is 0. The lowest BCUT2D eigenvalue weighted by molar-refractivity contribution is -0.300. The predicted octanol–water partition coefficient (Wildman–Crippen LogP) is 4.45. The van der Waals surface area contributed by atoms with Crippen LogP contribution in [0.4, 0.5) is 0 Å². The summed E-state index contributed by atoms with van der Waals surface area (Å²) in [6.45, 7) is 3.16. The molecule has 0 amide bonds. The van der Waals surface area contributed by atoms with Crippen molar-refractivity contribution in [2.75, 3.05) is 6.54 Å². The van der Waals surface area contributed by atoms with Gasteiger partial charge >= 0.3 is 0 Å². The Bertz CT molecular complexity index is 496. The van der Waals surface area contributed by atoms with Crippen molar-refractivity contribution in [3.63, 3.8) is 0 Å². The van der Waals surface area contributed by atoms with Crippen molar-refractivity contribution in [3.05, 3.63) is 71.8 Å². The normalized spacial score (nSPS) is 22.5. The largest absolute Gasteiger partial charge is 0.239 e. The Kier molecular flexibility index (Phi) is 4.65. The van der Waals surface area contributed by atoms with Gasteiger partial charge in [0.05, 0.1) is 0 Å². The minimum atomic E-state index is -0.136. The fourth-order valence-corrected chi connectivity index (χ4v) is 2.64. The van der Waals surface area contributed by atoms with Crippen LogP contribution in [0.5, 0.6) is 0 Å². The monoisotopic (exact) mass is 283 g/mol. The zero-order chi connectivity index (χ0) is 14.5. The van der Waals surface area contributed by atoms with Crippen LogP contribution in [0.15, 0.2) is 60.7 Å². The summed E-state index contributed by atoms with van der Waals surface area (Å²) in [5, 5.41) is 0. The lowest BCUT2D eigenvalue weighted by Gasteiger charge is -2.25. The van der Waals surface area contributed by atoms with Crippen LogP contribution in [0.25, 0.3) is 0 Å². The van der Waals surface area contributed by atoms with E-state index in [1.54, 1.807) is 0 Å². The first-order chi connectivity index (χ1) is 10.4. The maximum Gasteiger partial charge on any atom is 0.174 e. The smallest absolute Gasteiger partial charge is 0.174 e. The fraction of sp³-hybridized carbons (Fsp3) is 0.333. The van der Waals surface area contributed by atoms with Gasteiger partial charge in [-0.3, -0.25) is 0 Å². The van der Waals surface area contributed by atoms with Crippen LogP contribution in [-0.4, -0.2) is 11.4 Å². The van der Waals surface area contributed by atoms with E-state index in [1.807, 2.05) is 36.4 Å². The number of benzene rings is 2. The van der Waals surface area contributed by atoms with Crippen molar-refractivity contribution in [2.24, 2.45) is 0 Å². The summed E-state index contributed by atoms with van der Waals surface area (Å²) in [7, 11) is 0. The molecule has 0 aromatic heterocycles. The number of unbranched alkanes of at least 4 members (excludes halogenated alkanes) is 1. The van der Waals surface area contributed by atoms with E-state index < -0.39 is 0 Å². The molecule has 0 N–H and O–H groups in total. The Balaban J connectivity index is 1.85. The van der Waals surface area contributed by atoms with E-state index in [4.69, 9.17) is 9.78 Å². The van der Waals surface area contributed by atoms with E-state index in [-0.39, 0.29) is 12.5 Å². The van der Waals surface area contributed by atoms with E-state index in [1.165, 1.54) is 0 Å². The van der Waals surface area contributed by atoms with E-state index in [0.717, 1.165) is 30.5 Å². The van der Waals surface area contributed by atoms with E-state index in [2.05, 4.69) is 36.1 Å². The van der Waals surface area contributed by atoms with Crippen molar-refractivity contribution in [3.8, 4) is 0 Å². The van der Waals surface area contributed by atoms with Gasteiger partial charge in [0.25, 0.3) is 0 Å². The van der Waals surface area contributed by atoms with Crippen molar-refractivity contribution >= 4 is 0 Å². The van der Waals surface area contributed by atoms with Crippen LogP contribution in [0.1, 0.15) is 43.3 Å². The third-order valence-corrected chi connectivity index (χ3v) is 3.78. The van der Waals surface area contributed by atoms with Crippen molar-refractivity contribution < 1.29 is 9.78 Å². The molecule has 0 saturated carbocycles. The summed E-state index contributed by atoms with van der Waals surface area (Å²) < 4.78 is 0. The number of nitrogens with zero attached hydrogens (tertiary/aromatic N) is 1. The Morgan fingerprint density at radius 1 is 0.810 bits per heavy atom. The summed E-state index contributed by atoms with van der Waals surface area (Å²) in [6.07, 6.45) is 2.00. The molecule has 0 bridgehead atoms. The summed E-state index contributed by atoms with van der Waals surface area (Å²) in [5.41, 5.74) is 2.26. The maximum absolute atomic E-state index is 5.64. The molecular weight excluding hydrogens is 262 g/mol. The summed E-state index contributed by atoms with van der Waals surface area (Å²) >= 11 is 0. The van der Waals surface area contributed by atoms with Gasteiger partial charge in [-0.1, -0.05) is 74.0 Å². The quantitative estimate of drug-likeness (QED) is 0.757. The Labute approximate surface area is 126 Å². The standard InChI is InChI=1S/C18H21NO2/c1-2-3-14-19-17(15-10-6-4-7-11-15)20-21-18(19)16-12-8-5-9-13-16/h4-13,17-18H,2-3,14H2,1H3/t17-,18-/m1/s1. The highest BCUT2D eigenvalue weighted by molar-refractivity contribution is 5.21. The predicted molar refractivity (Wildman–Crippen MR) is 82.2 cm³/mol. The molecule has 1 fully saturated rings. The van der Waals surface area contributed by atoms with Crippen molar-refractivity contribution in [1.82, 2.24) is 4.90 Å². The summed E-state index contributed by atoms with van der Waals surface area (Å²) in [5.74, 6) is 0. The van der Waals surface area contributed by atoms with E-state index >= 15 is 0 Å². The molecule has 2 aromatic carbocycles. The van der Waals surface area contributed by atoms with Gasteiger partial charge in [0, 0.05) is 6.54 Å². The number of rotatable bonds is 5. The lowest BCUT2D eigenvalue weighted by Crippen LogP contribution is -2.28. The van der Waals surface area contributed by atoms with Crippen LogP contribution in [-0.2, 0) is 9.78 Å². The average Bonchev–Trinajstić information content (AvgIpc) is 2.98. The van der Waals surface area contributed by atoms with Gasteiger partial charge in [0.2, 0.25) is 0 Å². The molecule has 3 heteroatoms. The topological polar surface area (TPSA) is 21.7 Å². The molecule has 0 spiro atoms. The highest BCUT2D eigenvalue weighted by Crippen LogP contribution is 2.39. The molecular formula is C18H21NO2. The third-order valence-electron chi connectivity index (χ3n) is 3.78.